The summed E-state index contributed by atoms with van der Waals surface area (Å²) in [4.78, 5) is 8.69. The fourth-order valence-electron chi connectivity index (χ4n) is 3.20. The largest absolute Gasteiger partial charge is 0.472 e. The average Bonchev–Trinajstić information content (AvgIpc) is 3.08. The molecule has 3 rings (SSSR count). The molecule has 0 bridgehead atoms. The quantitative estimate of drug-likeness (QED) is 0.760. The molecule has 1 aliphatic heterocycles. The minimum absolute atomic E-state index is 0.191. The molecule has 0 amide bonds. The Morgan fingerprint density at radius 3 is 2.69 bits per heavy atom. The van der Waals surface area contributed by atoms with Crippen LogP contribution in [0, 0.1) is 20.8 Å². The molecule has 2 aromatic heterocycles. The van der Waals surface area contributed by atoms with Crippen LogP contribution in [0.4, 0.5) is 5.82 Å². The Hall–Kier alpha value is -2.16. The summed E-state index contributed by atoms with van der Waals surface area (Å²) in [6, 6.07) is 1.80. The highest BCUT2D eigenvalue weighted by atomic mass is 32.2. The van der Waals surface area contributed by atoms with E-state index < -0.39 is 10.0 Å². The van der Waals surface area contributed by atoms with Gasteiger partial charge < -0.3 is 4.74 Å². The van der Waals surface area contributed by atoms with E-state index in [0.717, 1.165) is 29.9 Å². The third kappa shape index (κ3) is 3.67. The fourth-order valence-corrected chi connectivity index (χ4v) is 4.07. The van der Waals surface area contributed by atoms with Gasteiger partial charge in [0.15, 0.2) is 5.82 Å². The topological polar surface area (TPSA) is 90.2 Å². The minimum Gasteiger partial charge on any atom is -0.472 e. The molecule has 0 saturated heterocycles. The van der Waals surface area contributed by atoms with E-state index in [9.17, 15) is 8.42 Å². The lowest BCUT2D eigenvalue weighted by Gasteiger charge is -2.22. The molecule has 1 atom stereocenters. The number of hydrogen-bond acceptors (Lipinski definition) is 6. The molecule has 8 nitrogen and oxygen atoms in total. The predicted molar refractivity (Wildman–Crippen MR) is 99.1 cm³/mol. The molecule has 0 spiro atoms. The molecule has 3 heterocycles. The standard InChI is InChI=1S/C17H25N5O3S/c1-6-7-21-11(2)8-16(20-21)22(26(5,23)24)10-14-9-15-12(3)18-13(4)19-17(15)25-14/h8,14H,6-7,9-10H2,1-5H3. The summed E-state index contributed by atoms with van der Waals surface area (Å²) in [5, 5.41) is 4.47. The van der Waals surface area contributed by atoms with E-state index in [-0.39, 0.29) is 12.6 Å². The monoisotopic (exact) mass is 379 g/mol. The molecule has 0 aromatic carbocycles. The zero-order valence-electron chi connectivity index (χ0n) is 15.9. The summed E-state index contributed by atoms with van der Waals surface area (Å²) in [6.45, 7) is 8.67. The van der Waals surface area contributed by atoms with Crippen LogP contribution < -0.4 is 9.04 Å². The number of rotatable bonds is 6. The average molecular weight is 379 g/mol. The Morgan fingerprint density at radius 1 is 1.31 bits per heavy atom. The van der Waals surface area contributed by atoms with Crippen molar-refractivity contribution in [2.45, 2.75) is 53.2 Å². The summed E-state index contributed by atoms with van der Waals surface area (Å²) in [5.74, 6) is 1.63. The van der Waals surface area contributed by atoms with Crippen LogP contribution >= 0.6 is 0 Å². The lowest BCUT2D eigenvalue weighted by molar-refractivity contribution is 0.233. The van der Waals surface area contributed by atoms with Gasteiger partial charge in [-0.3, -0.25) is 4.68 Å². The molecule has 0 N–H and O–H groups in total. The van der Waals surface area contributed by atoms with E-state index >= 15 is 0 Å². The zero-order chi connectivity index (χ0) is 19.1. The van der Waals surface area contributed by atoms with Crippen molar-refractivity contribution in [3.05, 3.63) is 28.8 Å². The maximum absolute atomic E-state index is 12.4. The number of aromatic nitrogens is 4. The van der Waals surface area contributed by atoms with Gasteiger partial charge in [-0.25, -0.2) is 17.7 Å². The maximum atomic E-state index is 12.4. The van der Waals surface area contributed by atoms with Gasteiger partial charge in [0.25, 0.3) is 0 Å². The number of fused-ring (bicyclic) bond motifs is 1. The second kappa shape index (κ2) is 6.86. The van der Waals surface area contributed by atoms with Crippen LogP contribution in [0.5, 0.6) is 5.88 Å². The lowest BCUT2D eigenvalue weighted by atomic mass is 10.1. The van der Waals surface area contributed by atoms with Crippen molar-refractivity contribution in [1.82, 2.24) is 19.7 Å². The van der Waals surface area contributed by atoms with Crippen LogP contribution in [0.15, 0.2) is 6.07 Å². The summed E-state index contributed by atoms with van der Waals surface area (Å²) >= 11 is 0. The van der Waals surface area contributed by atoms with Gasteiger partial charge in [0.1, 0.15) is 11.9 Å². The molecule has 0 fully saturated rings. The van der Waals surface area contributed by atoms with Crippen LogP contribution in [-0.2, 0) is 23.0 Å². The number of sulfonamides is 1. The Kier molecular flexibility index (Phi) is 4.92. The van der Waals surface area contributed by atoms with Gasteiger partial charge >= 0.3 is 0 Å². The highest BCUT2D eigenvalue weighted by Gasteiger charge is 2.32. The number of aryl methyl sites for hydroxylation is 4. The first-order chi connectivity index (χ1) is 12.2. The number of nitrogens with zero attached hydrogens (tertiary/aromatic N) is 5. The summed E-state index contributed by atoms with van der Waals surface area (Å²) < 4.78 is 33.8. The first kappa shape index (κ1) is 18.6. The second-order valence-electron chi connectivity index (χ2n) is 6.75. The molecule has 0 radical (unpaired) electrons. The van der Waals surface area contributed by atoms with Crippen molar-refractivity contribution in [3.63, 3.8) is 0 Å². The molecular weight excluding hydrogens is 354 g/mol. The molecule has 1 unspecified atom stereocenters. The summed E-state index contributed by atoms with van der Waals surface area (Å²) in [5.41, 5.74) is 2.76. The van der Waals surface area contributed by atoms with Crippen LogP contribution in [0.25, 0.3) is 0 Å². The zero-order valence-corrected chi connectivity index (χ0v) is 16.7. The number of anilines is 1. The van der Waals surface area contributed by atoms with E-state index in [4.69, 9.17) is 4.74 Å². The third-order valence-corrected chi connectivity index (χ3v) is 5.56. The van der Waals surface area contributed by atoms with Gasteiger partial charge in [0, 0.05) is 36.0 Å². The second-order valence-corrected chi connectivity index (χ2v) is 8.65. The number of ether oxygens (including phenoxy) is 1. The van der Waals surface area contributed by atoms with E-state index in [1.807, 2.05) is 25.5 Å². The Bertz CT molecular complexity index is 923. The van der Waals surface area contributed by atoms with Crippen molar-refractivity contribution < 1.29 is 13.2 Å². The Balaban J connectivity index is 1.85. The predicted octanol–water partition coefficient (Wildman–Crippen LogP) is 1.78. The molecular formula is C17H25N5O3S. The Morgan fingerprint density at radius 2 is 2.04 bits per heavy atom. The molecule has 2 aromatic rings. The fraction of sp³-hybridized carbons (Fsp3) is 0.588. The molecule has 1 aliphatic rings. The van der Waals surface area contributed by atoms with Gasteiger partial charge in [0.05, 0.1) is 12.8 Å². The van der Waals surface area contributed by atoms with Gasteiger partial charge in [-0.05, 0) is 27.2 Å². The van der Waals surface area contributed by atoms with Gasteiger partial charge in [-0.2, -0.15) is 10.1 Å². The smallest absolute Gasteiger partial charge is 0.233 e. The van der Waals surface area contributed by atoms with E-state index in [0.29, 0.717) is 23.9 Å². The van der Waals surface area contributed by atoms with Crippen LogP contribution in [0.3, 0.4) is 0 Å². The van der Waals surface area contributed by atoms with Crippen molar-refractivity contribution in [2.24, 2.45) is 0 Å². The van der Waals surface area contributed by atoms with Gasteiger partial charge in [-0.15, -0.1) is 0 Å². The summed E-state index contributed by atoms with van der Waals surface area (Å²) in [6.07, 6.45) is 2.39. The van der Waals surface area contributed by atoms with E-state index in [1.165, 1.54) is 10.6 Å². The molecule has 9 heteroatoms. The van der Waals surface area contributed by atoms with Crippen LogP contribution in [0.2, 0.25) is 0 Å². The Labute approximate surface area is 154 Å². The molecule has 0 aliphatic carbocycles. The SMILES string of the molecule is CCCn1nc(N(CC2Cc3c(C)nc(C)nc3O2)S(C)(=O)=O)cc1C. The van der Waals surface area contributed by atoms with Crippen molar-refractivity contribution in [2.75, 3.05) is 17.1 Å². The first-order valence-corrected chi connectivity index (χ1v) is 10.6. The van der Waals surface area contributed by atoms with Crippen molar-refractivity contribution in [3.8, 4) is 5.88 Å². The molecule has 0 saturated carbocycles. The van der Waals surface area contributed by atoms with Crippen LogP contribution in [-0.4, -0.2) is 47.1 Å². The maximum Gasteiger partial charge on any atom is 0.233 e. The van der Waals surface area contributed by atoms with Gasteiger partial charge in [0.2, 0.25) is 15.9 Å². The van der Waals surface area contributed by atoms with Crippen molar-refractivity contribution in [1.29, 1.82) is 0 Å². The normalized spacial score (nSPS) is 16.4. The highest BCUT2D eigenvalue weighted by Crippen LogP contribution is 2.30. The first-order valence-electron chi connectivity index (χ1n) is 8.72. The van der Waals surface area contributed by atoms with Crippen molar-refractivity contribution >= 4 is 15.8 Å². The summed E-state index contributed by atoms with van der Waals surface area (Å²) in [7, 11) is -3.49. The van der Waals surface area contributed by atoms with Gasteiger partial charge in [-0.1, -0.05) is 6.92 Å². The van der Waals surface area contributed by atoms with E-state index in [2.05, 4.69) is 22.0 Å². The minimum atomic E-state index is -3.49. The highest BCUT2D eigenvalue weighted by molar-refractivity contribution is 7.92. The molecule has 26 heavy (non-hydrogen) atoms. The van der Waals surface area contributed by atoms with Crippen LogP contribution in [0.1, 0.15) is 36.1 Å². The number of hydrogen-bond donors (Lipinski definition) is 0. The lowest BCUT2D eigenvalue weighted by Crippen LogP contribution is -2.39. The third-order valence-electron chi connectivity index (χ3n) is 4.43. The van der Waals surface area contributed by atoms with E-state index in [1.54, 1.807) is 6.07 Å². The molecule has 142 valence electrons.